The fourth-order valence-corrected chi connectivity index (χ4v) is 2.83. The van der Waals surface area contributed by atoms with Gasteiger partial charge in [0.25, 0.3) is 5.69 Å². The van der Waals surface area contributed by atoms with Crippen molar-refractivity contribution >= 4 is 17.4 Å². The van der Waals surface area contributed by atoms with E-state index in [1.165, 1.54) is 29.8 Å². The first-order chi connectivity index (χ1) is 12.5. The molecule has 0 bridgehead atoms. The van der Waals surface area contributed by atoms with E-state index in [9.17, 15) is 14.9 Å². The lowest BCUT2D eigenvalue weighted by atomic mass is 10.1. The number of nitro groups is 1. The Hall–Kier alpha value is -3.22. The molecule has 7 heteroatoms. The van der Waals surface area contributed by atoms with E-state index in [2.05, 4.69) is 5.16 Å². The molecule has 2 aromatic rings. The largest absolute Gasteiger partial charge is 0.497 e. The van der Waals surface area contributed by atoms with Gasteiger partial charge in [0.1, 0.15) is 5.75 Å². The van der Waals surface area contributed by atoms with Crippen LogP contribution in [0.15, 0.2) is 53.7 Å². The highest BCUT2D eigenvalue weighted by atomic mass is 16.7. The summed E-state index contributed by atoms with van der Waals surface area (Å²) < 4.78 is 5.15. The van der Waals surface area contributed by atoms with Gasteiger partial charge in [-0.15, -0.1) is 0 Å². The van der Waals surface area contributed by atoms with Crippen LogP contribution in [0.5, 0.6) is 5.75 Å². The van der Waals surface area contributed by atoms with Crippen LogP contribution in [-0.4, -0.2) is 23.7 Å². The molecule has 0 unspecified atom stereocenters. The zero-order valence-electron chi connectivity index (χ0n) is 14.4. The SMILES string of the molecule is COc1ccc([C@@H]2C[C@H]2C(C)=NOC(=O)c2ccc([N+](=O)[O-])cc2)cc1. The average Bonchev–Trinajstić information content (AvgIpc) is 3.47. The minimum absolute atomic E-state index is 0.0819. The molecule has 7 nitrogen and oxygen atoms in total. The summed E-state index contributed by atoms with van der Waals surface area (Å²) in [6.45, 7) is 1.83. The lowest BCUT2D eigenvalue weighted by Gasteiger charge is -2.03. The summed E-state index contributed by atoms with van der Waals surface area (Å²) in [7, 11) is 1.63. The Morgan fingerprint density at radius 2 is 1.81 bits per heavy atom. The number of hydrogen-bond acceptors (Lipinski definition) is 6. The number of rotatable bonds is 6. The number of non-ortho nitro benzene ring substituents is 1. The third-order valence-electron chi connectivity index (χ3n) is 4.46. The summed E-state index contributed by atoms with van der Waals surface area (Å²) >= 11 is 0. The van der Waals surface area contributed by atoms with Crippen LogP contribution in [0.1, 0.15) is 35.2 Å². The number of ether oxygens (including phenoxy) is 1. The predicted molar refractivity (Wildman–Crippen MR) is 95.5 cm³/mol. The monoisotopic (exact) mass is 354 g/mol. The molecule has 0 N–H and O–H groups in total. The summed E-state index contributed by atoms with van der Waals surface area (Å²) in [5.41, 5.74) is 2.09. The van der Waals surface area contributed by atoms with E-state index in [0.29, 0.717) is 5.92 Å². The Morgan fingerprint density at radius 1 is 1.15 bits per heavy atom. The van der Waals surface area contributed by atoms with Gasteiger partial charge < -0.3 is 9.57 Å². The molecule has 1 aliphatic rings. The van der Waals surface area contributed by atoms with Crippen molar-refractivity contribution in [2.24, 2.45) is 11.1 Å². The second-order valence-corrected chi connectivity index (χ2v) is 6.14. The first-order valence-corrected chi connectivity index (χ1v) is 8.14. The molecule has 0 radical (unpaired) electrons. The maximum Gasteiger partial charge on any atom is 0.365 e. The molecule has 0 spiro atoms. The number of nitrogens with zero attached hydrogens (tertiary/aromatic N) is 2. The van der Waals surface area contributed by atoms with Crippen LogP contribution in [0, 0.1) is 16.0 Å². The van der Waals surface area contributed by atoms with Crippen molar-refractivity contribution in [3.05, 3.63) is 69.8 Å². The molecule has 3 rings (SSSR count). The molecule has 1 saturated carbocycles. The van der Waals surface area contributed by atoms with E-state index in [0.717, 1.165) is 17.9 Å². The zero-order chi connectivity index (χ0) is 18.7. The van der Waals surface area contributed by atoms with Crippen LogP contribution in [0.2, 0.25) is 0 Å². The van der Waals surface area contributed by atoms with Gasteiger partial charge in [0, 0.05) is 18.1 Å². The molecule has 0 saturated heterocycles. The van der Waals surface area contributed by atoms with Gasteiger partial charge in [-0.1, -0.05) is 17.3 Å². The van der Waals surface area contributed by atoms with Crippen LogP contribution >= 0.6 is 0 Å². The van der Waals surface area contributed by atoms with Gasteiger partial charge in [-0.25, -0.2) is 4.79 Å². The van der Waals surface area contributed by atoms with Gasteiger partial charge >= 0.3 is 5.97 Å². The van der Waals surface area contributed by atoms with E-state index >= 15 is 0 Å². The third kappa shape index (κ3) is 3.88. The highest BCUT2D eigenvalue weighted by Crippen LogP contribution is 2.48. The van der Waals surface area contributed by atoms with Crippen molar-refractivity contribution < 1.29 is 19.3 Å². The van der Waals surface area contributed by atoms with E-state index in [-0.39, 0.29) is 17.2 Å². The van der Waals surface area contributed by atoms with Gasteiger partial charge in [0.2, 0.25) is 0 Å². The maximum atomic E-state index is 12.0. The summed E-state index contributed by atoms with van der Waals surface area (Å²) in [6.07, 6.45) is 0.955. The van der Waals surface area contributed by atoms with E-state index < -0.39 is 10.9 Å². The van der Waals surface area contributed by atoms with Crippen molar-refractivity contribution in [1.29, 1.82) is 0 Å². The molecule has 1 fully saturated rings. The Balaban J connectivity index is 1.58. The van der Waals surface area contributed by atoms with E-state index in [1.54, 1.807) is 7.11 Å². The molecule has 0 amide bonds. The van der Waals surface area contributed by atoms with E-state index in [1.807, 2.05) is 31.2 Å². The van der Waals surface area contributed by atoms with Gasteiger partial charge in [-0.05, 0) is 49.1 Å². The number of nitro benzene ring substituents is 1. The Morgan fingerprint density at radius 3 is 2.38 bits per heavy atom. The number of oxime groups is 1. The number of benzene rings is 2. The normalized spacial score (nSPS) is 18.9. The lowest BCUT2D eigenvalue weighted by molar-refractivity contribution is -0.384. The molecule has 0 aliphatic heterocycles. The number of carbonyl (C=O) groups excluding carboxylic acids is 1. The standard InChI is InChI=1S/C19H18N2O5/c1-12(17-11-18(17)13-5-9-16(25-2)10-6-13)20-26-19(22)14-3-7-15(8-4-14)21(23)24/h3-10,17-18H,11H2,1-2H3/t17-,18-/m0/s1. The van der Waals surface area contributed by atoms with Crippen molar-refractivity contribution in [1.82, 2.24) is 0 Å². The topological polar surface area (TPSA) is 91.0 Å². The van der Waals surface area contributed by atoms with Crippen molar-refractivity contribution in [3.8, 4) is 5.75 Å². The molecule has 1 aliphatic carbocycles. The number of methoxy groups -OCH3 is 1. The second kappa shape index (κ2) is 7.35. The lowest BCUT2D eigenvalue weighted by Crippen LogP contribution is -2.05. The first kappa shape index (κ1) is 17.6. The molecular weight excluding hydrogens is 336 g/mol. The van der Waals surface area contributed by atoms with Crippen molar-refractivity contribution in [2.45, 2.75) is 19.3 Å². The molecule has 0 heterocycles. The third-order valence-corrected chi connectivity index (χ3v) is 4.46. The zero-order valence-corrected chi connectivity index (χ0v) is 14.4. The minimum atomic E-state index is -0.638. The van der Waals surface area contributed by atoms with Crippen LogP contribution in [0.4, 0.5) is 5.69 Å². The summed E-state index contributed by atoms with van der Waals surface area (Å²) in [6, 6.07) is 13.1. The van der Waals surface area contributed by atoms with Gasteiger partial charge in [-0.3, -0.25) is 10.1 Å². The van der Waals surface area contributed by atoms with Crippen LogP contribution in [-0.2, 0) is 4.84 Å². The summed E-state index contributed by atoms with van der Waals surface area (Å²) in [4.78, 5) is 27.1. The minimum Gasteiger partial charge on any atom is -0.497 e. The first-order valence-electron chi connectivity index (χ1n) is 8.14. The Bertz CT molecular complexity index is 843. The van der Waals surface area contributed by atoms with E-state index in [4.69, 9.17) is 9.57 Å². The summed E-state index contributed by atoms with van der Waals surface area (Å²) in [5.74, 6) is 0.782. The smallest absolute Gasteiger partial charge is 0.365 e. The van der Waals surface area contributed by atoms with Gasteiger partial charge in [0.15, 0.2) is 0 Å². The maximum absolute atomic E-state index is 12.0. The molecule has 2 aromatic carbocycles. The molecular formula is C19H18N2O5. The van der Waals surface area contributed by atoms with Crippen molar-refractivity contribution in [2.75, 3.05) is 7.11 Å². The number of carbonyl (C=O) groups is 1. The predicted octanol–water partition coefficient (Wildman–Crippen LogP) is 3.94. The van der Waals surface area contributed by atoms with Gasteiger partial charge in [-0.2, -0.15) is 0 Å². The summed E-state index contributed by atoms with van der Waals surface area (Å²) in [5, 5.41) is 14.6. The highest BCUT2D eigenvalue weighted by molar-refractivity contribution is 5.92. The van der Waals surface area contributed by atoms with Crippen LogP contribution in [0.3, 0.4) is 0 Å². The Kier molecular flexibility index (Phi) is 4.97. The van der Waals surface area contributed by atoms with Crippen LogP contribution < -0.4 is 4.74 Å². The molecule has 0 aromatic heterocycles. The Labute approximate surface area is 150 Å². The average molecular weight is 354 g/mol. The van der Waals surface area contributed by atoms with Gasteiger partial charge in [0.05, 0.1) is 23.3 Å². The molecule has 26 heavy (non-hydrogen) atoms. The highest BCUT2D eigenvalue weighted by Gasteiger charge is 2.40. The fourth-order valence-electron chi connectivity index (χ4n) is 2.83. The quantitative estimate of drug-likeness (QED) is 0.339. The fraction of sp³-hybridized carbons (Fsp3) is 0.263. The van der Waals surface area contributed by atoms with Crippen molar-refractivity contribution in [3.63, 3.8) is 0 Å². The van der Waals surface area contributed by atoms with Crippen LogP contribution in [0.25, 0.3) is 0 Å². The molecule has 2 atom stereocenters. The second-order valence-electron chi connectivity index (χ2n) is 6.14. The number of hydrogen-bond donors (Lipinski definition) is 0. The molecule has 134 valence electrons.